The van der Waals surface area contributed by atoms with Gasteiger partial charge in [-0.05, 0) is 47.2 Å². The van der Waals surface area contributed by atoms with Crippen molar-refractivity contribution in [2.45, 2.75) is 31.6 Å². The third-order valence-electron chi connectivity index (χ3n) is 5.88. The number of hydrogen-bond acceptors (Lipinski definition) is 5. The highest BCUT2D eigenvalue weighted by atomic mass is 16.5. The molecular weight excluding hydrogens is 446 g/mol. The molecule has 4 rings (SSSR count). The molecule has 0 spiro atoms. The molecule has 180 valence electrons. The molecule has 2 aromatic carbocycles. The Morgan fingerprint density at radius 2 is 1.60 bits per heavy atom. The van der Waals surface area contributed by atoms with Crippen LogP contribution in [0.5, 0.6) is 0 Å². The highest BCUT2D eigenvalue weighted by Gasteiger charge is 2.28. The summed E-state index contributed by atoms with van der Waals surface area (Å²) in [5.41, 5.74) is 5.64. The van der Waals surface area contributed by atoms with Crippen LogP contribution in [-0.2, 0) is 20.7 Å². The van der Waals surface area contributed by atoms with E-state index in [0.717, 1.165) is 0 Å². The van der Waals surface area contributed by atoms with E-state index in [9.17, 15) is 14.4 Å². The number of pyridine rings is 1. The smallest absolute Gasteiger partial charge is 0.407 e. The van der Waals surface area contributed by atoms with Gasteiger partial charge in [0.2, 0.25) is 5.91 Å². The number of fused-ring (bicyclic) bond motifs is 3. The fourth-order valence-corrected chi connectivity index (χ4v) is 4.23. The molecule has 3 aromatic rings. The molecule has 1 aromatic heterocycles. The number of ether oxygens (including phenoxy) is 1. The molecule has 3 N–H and O–H groups in total. The number of alkyl carbamates (subject to hydrolysis) is 1. The van der Waals surface area contributed by atoms with E-state index in [2.05, 4.69) is 39.9 Å². The SMILES string of the molecule is O=C(O)Cc1ccc(NC(=O)CCCCNC(=O)OCC2c3ccccc3-c3ccccc32)cn1. The second kappa shape index (κ2) is 11.3. The molecule has 0 saturated heterocycles. The summed E-state index contributed by atoms with van der Waals surface area (Å²) < 4.78 is 5.51. The number of carboxylic acid groups (broad SMARTS) is 1. The third kappa shape index (κ3) is 6.23. The summed E-state index contributed by atoms with van der Waals surface area (Å²) in [5.74, 6) is -1.11. The van der Waals surface area contributed by atoms with Crippen LogP contribution in [0.15, 0.2) is 66.9 Å². The maximum absolute atomic E-state index is 12.2. The molecule has 8 heteroatoms. The van der Waals surface area contributed by atoms with Gasteiger partial charge >= 0.3 is 12.1 Å². The molecule has 2 amide bonds. The van der Waals surface area contributed by atoms with Gasteiger partial charge in [0.15, 0.2) is 0 Å². The third-order valence-corrected chi connectivity index (χ3v) is 5.88. The number of carboxylic acids is 1. The van der Waals surface area contributed by atoms with Crippen molar-refractivity contribution in [3.8, 4) is 11.1 Å². The van der Waals surface area contributed by atoms with Gasteiger partial charge in [0.1, 0.15) is 6.61 Å². The van der Waals surface area contributed by atoms with E-state index in [-0.39, 0.29) is 24.9 Å². The number of carbonyl (C=O) groups excluding carboxylic acids is 2. The van der Waals surface area contributed by atoms with E-state index >= 15 is 0 Å². The van der Waals surface area contributed by atoms with Gasteiger partial charge in [0.25, 0.3) is 0 Å². The number of unbranched alkanes of at least 4 members (excludes halogenated alkanes) is 1. The van der Waals surface area contributed by atoms with Crippen LogP contribution in [0.1, 0.15) is 42.0 Å². The largest absolute Gasteiger partial charge is 0.481 e. The molecule has 0 bridgehead atoms. The van der Waals surface area contributed by atoms with Gasteiger partial charge in [-0.3, -0.25) is 14.6 Å². The molecule has 0 fully saturated rings. The summed E-state index contributed by atoms with van der Waals surface area (Å²) in [7, 11) is 0. The van der Waals surface area contributed by atoms with Crippen molar-refractivity contribution in [2.24, 2.45) is 0 Å². The first-order valence-corrected chi connectivity index (χ1v) is 11.6. The normalized spacial score (nSPS) is 11.9. The summed E-state index contributed by atoms with van der Waals surface area (Å²) in [4.78, 5) is 39.0. The summed E-state index contributed by atoms with van der Waals surface area (Å²) in [5, 5.41) is 14.2. The Balaban J connectivity index is 1.14. The molecule has 35 heavy (non-hydrogen) atoms. The van der Waals surface area contributed by atoms with Gasteiger partial charge < -0.3 is 20.5 Å². The predicted octanol–water partition coefficient (Wildman–Crippen LogP) is 4.36. The summed E-state index contributed by atoms with van der Waals surface area (Å²) in [6, 6.07) is 19.6. The minimum Gasteiger partial charge on any atom is -0.481 e. The standard InChI is InChI=1S/C27H27N3O5/c31-25(30-19-13-12-18(29-16-19)15-26(32)33)11-5-6-14-28-27(34)35-17-24-22-9-3-1-7-20(22)21-8-2-4-10-23(21)24/h1-4,7-10,12-13,16,24H,5-6,11,14-15,17H2,(H,28,34)(H,30,31)(H,32,33). The molecule has 1 heterocycles. The van der Waals surface area contributed by atoms with Gasteiger partial charge in [-0.15, -0.1) is 0 Å². The zero-order valence-electron chi connectivity index (χ0n) is 19.2. The molecule has 1 aliphatic rings. The van der Waals surface area contributed by atoms with Gasteiger partial charge in [-0.2, -0.15) is 0 Å². The van der Waals surface area contributed by atoms with Crippen molar-refractivity contribution < 1.29 is 24.2 Å². The Labute approximate surface area is 203 Å². The molecule has 0 saturated carbocycles. The topological polar surface area (TPSA) is 118 Å². The zero-order valence-corrected chi connectivity index (χ0v) is 19.2. The van der Waals surface area contributed by atoms with Crippen molar-refractivity contribution in [3.05, 3.63) is 83.7 Å². The average molecular weight is 474 g/mol. The van der Waals surface area contributed by atoms with Crippen LogP contribution >= 0.6 is 0 Å². The zero-order chi connectivity index (χ0) is 24.6. The second-order valence-electron chi connectivity index (χ2n) is 8.37. The maximum atomic E-state index is 12.2. The predicted molar refractivity (Wildman–Crippen MR) is 131 cm³/mol. The Hall–Kier alpha value is -4.20. The quantitative estimate of drug-likeness (QED) is 0.377. The first-order valence-electron chi connectivity index (χ1n) is 11.6. The lowest BCUT2D eigenvalue weighted by Crippen LogP contribution is -2.27. The Bertz CT molecular complexity index is 1160. The Kier molecular flexibility index (Phi) is 7.72. The van der Waals surface area contributed by atoms with Crippen LogP contribution in [-0.4, -0.2) is 41.2 Å². The number of aromatic nitrogens is 1. The molecule has 0 atom stereocenters. The number of hydrogen-bond donors (Lipinski definition) is 3. The highest BCUT2D eigenvalue weighted by Crippen LogP contribution is 2.44. The Morgan fingerprint density at radius 3 is 2.23 bits per heavy atom. The molecule has 0 radical (unpaired) electrons. The number of aliphatic carboxylic acids is 1. The van der Waals surface area contributed by atoms with Crippen molar-refractivity contribution in [1.82, 2.24) is 10.3 Å². The van der Waals surface area contributed by atoms with Crippen LogP contribution in [0.4, 0.5) is 10.5 Å². The van der Waals surface area contributed by atoms with Gasteiger partial charge in [-0.25, -0.2) is 4.79 Å². The molecule has 0 aliphatic heterocycles. The van der Waals surface area contributed by atoms with Crippen LogP contribution in [0.3, 0.4) is 0 Å². The number of anilines is 1. The molecule has 8 nitrogen and oxygen atoms in total. The van der Waals surface area contributed by atoms with Crippen LogP contribution < -0.4 is 10.6 Å². The fourth-order valence-electron chi connectivity index (χ4n) is 4.23. The highest BCUT2D eigenvalue weighted by molar-refractivity contribution is 5.90. The summed E-state index contributed by atoms with van der Waals surface area (Å²) in [6.07, 6.45) is 2.33. The van der Waals surface area contributed by atoms with Crippen LogP contribution in [0.25, 0.3) is 11.1 Å². The number of rotatable bonds is 10. The monoisotopic (exact) mass is 473 g/mol. The van der Waals surface area contributed by atoms with E-state index in [0.29, 0.717) is 37.2 Å². The lowest BCUT2D eigenvalue weighted by molar-refractivity contribution is -0.136. The number of benzene rings is 2. The van der Waals surface area contributed by atoms with Crippen molar-refractivity contribution in [2.75, 3.05) is 18.5 Å². The van der Waals surface area contributed by atoms with Gasteiger partial charge in [0, 0.05) is 18.9 Å². The lowest BCUT2D eigenvalue weighted by atomic mass is 9.98. The van der Waals surface area contributed by atoms with Crippen molar-refractivity contribution in [1.29, 1.82) is 0 Å². The molecule has 0 unspecified atom stereocenters. The average Bonchev–Trinajstić information content (AvgIpc) is 3.17. The van der Waals surface area contributed by atoms with E-state index in [1.165, 1.54) is 28.5 Å². The van der Waals surface area contributed by atoms with Crippen molar-refractivity contribution >= 4 is 23.7 Å². The van der Waals surface area contributed by atoms with E-state index < -0.39 is 12.1 Å². The maximum Gasteiger partial charge on any atom is 0.407 e. The minimum absolute atomic E-state index is 0.0181. The number of nitrogens with one attached hydrogen (secondary N) is 2. The number of carbonyl (C=O) groups is 3. The summed E-state index contributed by atoms with van der Waals surface area (Å²) >= 11 is 0. The first-order chi connectivity index (χ1) is 17.0. The van der Waals surface area contributed by atoms with E-state index in [1.807, 2.05) is 24.3 Å². The Morgan fingerprint density at radius 1 is 0.914 bits per heavy atom. The van der Waals surface area contributed by atoms with Crippen LogP contribution in [0.2, 0.25) is 0 Å². The fraction of sp³-hybridized carbons (Fsp3) is 0.259. The number of nitrogens with zero attached hydrogens (tertiary/aromatic N) is 1. The minimum atomic E-state index is -0.957. The lowest BCUT2D eigenvalue weighted by Gasteiger charge is -2.14. The number of amides is 2. The van der Waals surface area contributed by atoms with Gasteiger partial charge in [0.05, 0.1) is 24.0 Å². The summed E-state index contributed by atoms with van der Waals surface area (Å²) in [6.45, 7) is 0.678. The van der Waals surface area contributed by atoms with Crippen molar-refractivity contribution in [3.63, 3.8) is 0 Å². The van der Waals surface area contributed by atoms with E-state index in [1.54, 1.807) is 12.1 Å². The van der Waals surface area contributed by atoms with Crippen LogP contribution in [0, 0.1) is 0 Å². The van der Waals surface area contributed by atoms with E-state index in [4.69, 9.17) is 9.84 Å². The second-order valence-corrected chi connectivity index (χ2v) is 8.37. The van der Waals surface area contributed by atoms with Gasteiger partial charge in [-0.1, -0.05) is 48.5 Å². The molecular formula is C27H27N3O5. The first kappa shape index (κ1) is 23.9. The molecule has 1 aliphatic carbocycles.